The van der Waals surface area contributed by atoms with Crippen molar-refractivity contribution in [2.24, 2.45) is 0 Å². The summed E-state index contributed by atoms with van der Waals surface area (Å²) in [7, 11) is 0. The summed E-state index contributed by atoms with van der Waals surface area (Å²) >= 11 is 0. The molecule has 2 aromatic rings. The third-order valence-electron chi connectivity index (χ3n) is 6.97. The SMILES string of the molecule is CCCc1cc(C(CC)(CC)c2ccc(O)c(C)c2)ccc1/C=C/C(O)(CC)CC. The van der Waals surface area contributed by atoms with Crippen LogP contribution in [0.25, 0.3) is 6.08 Å². The summed E-state index contributed by atoms with van der Waals surface area (Å²) in [6.45, 7) is 12.7. The van der Waals surface area contributed by atoms with E-state index in [0.29, 0.717) is 5.75 Å². The lowest BCUT2D eigenvalue weighted by Crippen LogP contribution is -2.26. The third kappa shape index (κ3) is 4.98. The zero-order valence-electron chi connectivity index (χ0n) is 19.8. The first-order valence-electron chi connectivity index (χ1n) is 11.6. The van der Waals surface area contributed by atoms with Crippen LogP contribution in [0.3, 0.4) is 0 Å². The fourth-order valence-corrected chi connectivity index (χ4v) is 4.47. The average Bonchev–Trinajstić information content (AvgIpc) is 2.76. The van der Waals surface area contributed by atoms with Crippen LogP contribution in [-0.4, -0.2) is 15.8 Å². The van der Waals surface area contributed by atoms with Gasteiger partial charge in [-0.3, -0.25) is 0 Å². The van der Waals surface area contributed by atoms with Gasteiger partial charge in [-0.15, -0.1) is 0 Å². The molecule has 0 spiro atoms. The third-order valence-corrected chi connectivity index (χ3v) is 6.97. The van der Waals surface area contributed by atoms with Crippen LogP contribution in [0, 0.1) is 6.92 Å². The van der Waals surface area contributed by atoms with E-state index in [1.807, 2.05) is 32.9 Å². The number of aromatic hydroxyl groups is 1. The predicted octanol–water partition coefficient (Wildman–Crippen LogP) is 7.32. The van der Waals surface area contributed by atoms with Crippen molar-refractivity contribution in [3.63, 3.8) is 0 Å². The molecule has 0 saturated carbocycles. The minimum Gasteiger partial charge on any atom is -0.508 e. The largest absolute Gasteiger partial charge is 0.508 e. The molecule has 0 atom stereocenters. The van der Waals surface area contributed by atoms with E-state index in [4.69, 9.17) is 0 Å². The van der Waals surface area contributed by atoms with E-state index < -0.39 is 5.60 Å². The van der Waals surface area contributed by atoms with Gasteiger partial charge in [-0.05, 0) is 72.9 Å². The van der Waals surface area contributed by atoms with Crippen molar-refractivity contribution in [1.29, 1.82) is 0 Å². The van der Waals surface area contributed by atoms with Crippen LogP contribution in [0.2, 0.25) is 0 Å². The maximum atomic E-state index is 10.7. The van der Waals surface area contributed by atoms with Crippen LogP contribution >= 0.6 is 0 Å². The Morgan fingerprint density at radius 2 is 1.43 bits per heavy atom. The Hall–Kier alpha value is -2.06. The van der Waals surface area contributed by atoms with Gasteiger partial charge in [-0.1, -0.05) is 83.5 Å². The Kier molecular flexibility index (Phi) is 8.32. The summed E-state index contributed by atoms with van der Waals surface area (Å²) in [5.74, 6) is 0.353. The molecule has 0 aliphatic carbocycles. The molecule has 2 aromatic carbocycles. The molecule has 30 heavy (non-hydrogen) atoms. The number of aryl methyl sites for hydroxylation is 2. The fraction of sp³-hybridized carbons (Fsp3) is 0.500. The van der Waals surface area contributed by atoms with E-state index in [1.165, 1.54) is 22.3 Å². The average molecular weight is 409 g/mol. The second-order valence-corrected chi connectivity index (χ2v) is 8.60. The quantitative estimate of drug-likeness (QED) is 0.432. The van der Waals surface area contributed by atoms with Crippen LogP contribution in [0.5, 0.6) is 5.75 Å². The highest BCUT2D eigenvalue weighted by atomic mass is 16.3. The molecule has 0 aliphatic rings. The van der Waals surface area contributed by atoms with E-state index >= 15 is 0 Å². The van der Waals surface area contributed by atoms with E-state index in [0.717, 1.165) is 44.1 Å². The molecule has 0 heterocycles. The first kappa shape index (κ1) is 24.2. The van der Waals surface area contributed by atoms with Crippen molar-refractivity contribution in [2.45, 2.75) is 91.1 Å². The van der Waals surface area contributed by atoms with E-state index in [-0.39, 0.29) is 5.41 Å². The van der Waals surface area contributed by atoms with Crippen molar-refractivity contribution in [2.75, 3.05) is 0 Å². The van der Waals surface area contributed by atoms with Gasteiger partial charge in [0.05, 0.1) is 5.60 Å². The molecule has 0 aliphatic heterocycles. The molecular formula is C28H40O2. The standard InChI is InChI=1S/C28H40O2/c1-7-12-23-20-25(14-13-22(23)17-18-27(30,8-2)9-3)28(10-4,11-5)24-15-16-26(29)21(6)19-24/h13-20,29-30H,7-12H2,1-6H3/b18-17+. The van der Waals surface area contributed by atoms with Crippen LogP contribution < -0.4 is 0 Å². The molecule has 0 unspecified atom stereocenters. The van der Waals surface area contributed by atoms with Crippen molar-refractivity contribution in [3.05, 3.63) is 70.3 Å². The highest BCUT2D eigenvalue weighted by Crippen LogP contribution is 2.41. The van der Waals surface area contributed by atoms with Crippen LogP contribution in [0.1, 0.15) is 94.5 Å². The van der Waals surface area contributed by atoms with Gasteiger partial charge in [-0.2, -0.15) is 0 Å². The lowest BCUT2D eigenvalue weighted by Gasteiger charge is -2.34. The van der Waals surface area contributed by atoms with E-state index in [2.05, 4.69) is 57.2 Å². The Bertz CT molecular complexity index is 855. The number of benzene rings is 2. The van der Waals surface area contributed by atoms with Crippen molar-refractivity contribution in [3.8, 4) is 5.75 Å². The Balaban J connectivity index is 2.57. The van der Waals surface area contributed by atoms with Crippen molar-refractivity contribution < 1.29 is 10.2 Å². The second kappa shape index (κ2) is 10.3. The number of hydrogen-bond acceptors (Lipinski definition) is 2. The molecule has 0 aromatic heterocycles. The minimum absolute atomic E-state index is 0.0726. The molecule has 0 bridgehead atoms. The summed E-state index contributed by atoms with van der Waals surface area (Å²) < 4.78 is 0. The van der Waals surface area contributed by atoms with Crippen LogP contribution in [0.4, 0.5) is 0 Å². The van der Waals surface area contributed by atoms with Gasteiger partial charge in [0.25, 0.3) is 0 Å². The number of hydrogen-bond donors (Lipinski definition) is 2. The van der Waals surface area contributed by atoms with E-state index in [9.17, 15) is 10.2 Å². The van der Waals surface area contributed by atoms with Gasteiger partial charge >= 0.3 is 0 Å². The predicted molar refractivity (Wildman–Crippen MR) is 129 cm³/mol. The number of phenols is 1. The van der Waals surface area contributed by atoms with Gasteiger partial charge in [0.2, 0.25) is 0 Å². The molecule has 0 amide bonds. The van der Waals surface area contributed by atoms with Gasteiger partial charge in [0.1, 0.15) is 5.75 Å². The molecule has 2 rings (SSSR count). The maximum Gasteiger partial charge on any atom is 0.118 e. The molecule has 2 heteroatoms. The molecule has 164 valence electrons. The molecule has 2 N–H and O–H groups in total. The monoisotopic (exact) mass is 408 g/mol. The smallest absolute Gasteiger partial charge is 0.118 e. The highest BCUT2D eigenvalue weighted by Gasteiger charge is 2.31. The van der Waals surface area contributed by atoms with Crippen molar-refractivity contribution in [1.82, 2.24) is 0 Å². The lowest BCUT2D eigenvalue weighted by atomic mass is 9.69. The fourth-order valence-electron chi connectivity index (χ4n) is 4.47. The Morgan fingerprint density at radius 3 is 1.97 bits per heavy atom. The highest BCUT2D eigenvalue weighted by molar-refractivity contribution is 5.57. The summed E-state index contributed by atoms with van der Waals surface area (Å²) in [4.78, 5) is 0. The van der Waals surface area contributed by atoms with E-state index in [1.54, 1.807) is 0 Å². The normalized spacial score (nSPS) is 12.6. The molecule has 0 fully saturated rings. The Labute approximate surface area is 183 Å². The first-order chi connectivity index (χ1) is 14.3. The zero-order chi connectivity index (χ0) is 22.4. The lowest BCUT2D eigenvalue weighted by molar-refractivity contribution is 0.0836. The number of phenolic OH excluding ortho intramolecular Hbond substituents is 1. The van der Waals surface area contributed by atoms with Crippen molar-refractivity contribution >= 4 is 6.08 Å². The molecule has 2 nitrogen and oxygen atoms in total. The van der Waals surface area contributed by atoms with Gasteiger partial charge in [0, 0.05) is 5.41 Å². The Morgan fingerprint density at radius 1 is 0.833 bits per heavy atom. The summed E-state index contributed by atoms with van der Waals surface area (Å²) in [5, 5.41) is 20.7. The number of rotatable bonds is 10. The minimum atomic E-state index is -0.734. The van der Waals surface area contributed by atoms with Crippen LogP contribution in [0.15, 0.2) is 42.5 Å². The summed E-state index contributed by atoms with van der Waals surface area (Å²) in [5.41, 5.74) is 5.25. The zero-order valence-corrected chi connectivity index (χ0v) is 19.8. The molecule has 0 radical (unpaired) electrons. The molecular weight excluding hydrogens is 368 g/mol. The summed E-state index contributed by atoms with van der Waals surface area (Å²) in [6.07, 6.45) is 9.61. The maximum absolute atomic E-state index is 10.7. The van der Waals surface area contributed by atoms with Gasteiger partial charge < -0.3 is 10.2 Å². The molecule has 0 saturated heterocycles. The van der Waals surface area contributed by atoms with Gasteiger partial charge in [-0.25, -0.2) is 0 Å². The summed E-state index contributed by atoms with van der Waals surface area (Å²) in [6, 6.07) is 12.9. The first-order valence-corrected chi connectivity index (χ1v) is 11.6. The van der Waals surface area contributed by atoms with Gasteiger partial charge in [0.15, 0.2) is 0 Å². The second-order valence-electron chi connectivity index (χ2n) is 8.60. The van der Waals surface area contributed by atoms with Crippen LogP contribution in [-0.2, 0) is 11.8 Å². The topological polar surface area (TPSA) is 40.5 Å². The number of aliphatic hydroxyl groups is 1.